The summed E-state index contributed by atoms with van der Waals surface area (Å²) >= 11 is 0. The fourth-order valence-electron chi connectivity index (χ4n) is 3.48. The minimum Gasteiger partial charge on any atom is -0.483 e. The summed E-state index contributed by atoms with van der Waals surface area (Å²) in [6.45, 7) is 0.399. The van der Waals surface area contributed by atoms with Gasteiger partial charge in [-0.1, -0.05) is 6.07 Å². The Morgan fingerprint density at radius 3 is 2.63 bits per heavy atom. The topological polar surface area (TPSA) is 154 Å². The number of fused-ring (bicyclic) bond motifs is 1. The molecule has 10 heteroatoms. The van der Waals surface area contributed by atoms with Crippen molar-refractivity contribution >= 4 is 18.3 Å². The number of rotatable bonds is 7. The largest absolute Gasteiger partial charge is 0.483 e. The standard InChI is InChI=1S/C19H26N2O6.CH2O2/c22-7-1-6-20-19(25)13-3-4-14(15(23)10-13)21-18(24)9-12-2-5-16-17(8-12)27-11-26-16;2-1-3/h2,5,8,13-15,22-23H,1,3-4,6-7,9-11H2,(H,20,25)(H,21,24);1H,(H,2,3)/t13-,14-,15-;/m0./s1. The Hall–Kier alpha value is -2.85. The Labute approximate surface area is 174 Å². The van der Waals surface area contributed by atoms with Crippen LogP contribution in [0, 0.1) is 5.92 Å². The van der Waals surface area contributed by atoms with Crippen LogP contribution in [-0.4, -0.2) is 65.7 Å². The van der Waals surface area contributed by atoms with Crippen molar-refractivity contribution in [1.82, 2.24) is 10.6 Å². The van der Waals surface area contributed by atoms with Gasteiger partial charge in [0.15, 0.2) is 11.5 Å². The maximum atomic E-state index is 12.3. The van der Waals surface area contributed by atoms with Gasteiger partial charge in [0.1, 0.15) is 0 Å². The molecule has 10 nitrogen and oxygen atoms in total. The van der Waals surface area contributed by atoms with Gasteiger partial charge in [-0.3, -0.25) is 14.4 Å². The molecule has 1 saturated carbocycles. The van der Waals surface area contributed by atoms with Crippen LogP contribution in [-0.2, 0) is 20.8 Å². The molecule has 2 aliphatic rings. The van der Waals surface area contributed by atoms with E-state index in [2.05, 4.69) is 10.6 Å². The molecule has 5 N–H and O–H groups in total. The third-order valence-electron chi connectivity index (χ3n) is 4.97. The Bertz CT molecular complexity index is 727. The molecule has 0 radical (unpaired) electrons. The third-order valence-corrected chi connectivity index (χ3v) is 4.97. The van der Waals surface area contributed by atoms with Crippen molar-refractivity contribution in [2.24, 2.45) is 5.92 Å². The van der Waals surface area contributed by atoms with E-state index in [1.165, 1.54) is 0 Å². The zero-order chi connectivity index (χ0) is 21.9. The summed E-state index contributed by atoms with van der Waals surface area (Å²) in [7, 11) is 0. The van der Waals surface area contributed by atoms with Gasteiger partial charge < -0.3 is 35.4 Å². The molecule has 1 aromatic rings. The van der Waals surface area contributed by atoms with Gasteiger partial charge in [-0.15, -0.1) is 0 Å². The molecule has 166 valence electrons. The van der Waals surface area contributed by atoms with Crippen LogP contribution in [0.4, 0.5) is 0 Å². The van der Waals surface area contributed by atoms with E-state index in [0.717, 1.165) is 5.56 Å². The number of carbonyl (C=O) groups excluding carboxylic acids is 2. The maximum Gasteiger partial charge on any atom is 0.290 e. The predicted octanol–water partition coefficient (Wildman–Crippen LogP) is -0.197. The van der Waals surface area contributed by atoms with Crippen molar-refractivity contribution in [3.05, 3.63) is 23.8 Å². The quantitative estimate of drug-likeness (QED) is 0.298. The molecule has 30 heavy (non-hydrogen) atoms. The molecule has 0 unspecified atom stereocenters. The van der Waals surface area contributed by atoms with Gasteiger partial charge in [-0.25, -0.2) is 0 Å². The highest BCUT2D eigenvalue weighted by atomic mass is 16.7. The molecular formula is C20H28N2O8. The lowest BCUT2D eigenvalue weighted by Gasteiger charge is -2.33. The Morgan fingerprint density at radius 2 is 1.93 bits per heavy atom. The van der Waals surface area contributed by atoms with Crippen LogP contribution >= 0.6 is 0 Å². The highest BCUT2D eigenvalue weighted by Gasteiger charge is 2.33. The van der Waals surface area contributed by atoms with E-state index < -0.39 is 6.10 Å². The minimum absolute atomic E-state index is 0.0328. The number of amides is 2. The molecule has 0 spiro atoms. The number of hydrogen-bond donors (Lipinski definition) is 5. The van der Waals surface area contributed by atoms with E-state index in [1.54, 1.807) is 12.1 Å². The van der Waals surface area contributed by atoms with Crippen LogP contribution in [0.1, 0.15) is 31.2 Å². The first kappa shape index (κ1) is 23.4. The summed E-state index contributed by atoms with van der Waals surface area (Å²) < 4.78 is 10.6. The second-order valence-corrected chi connectivity index (χ2v) is 7.09. The molecular weight excluding hydrogens is 396 g/mol. The zero-order valence-electron chi connectivity index (χ0n) is 16.6. The highest BCUT2D eigenvalue weighted by Crippen LogP contribution is 2.32. The molecule has 0 bridgehead atoms. The van der Waals surface area contributed by atoms with Crippen molar-refractivity contribution in [2.75, 3.05) is 19.9 Å². The first-order chi connectivity index (χ1) is 14.5. The van der Waals surface area contributed by atoms with E-state index in [4.69, 9.17) is 24.5 Å². The average molecular weight is 424 g/mol. The summed E-state index contributed by atoms with van der Waals surface area (Å²) in [5.41, 5.74) is 0.809. The molecule has 0 saturated heterocycles. The van der Waals surface area contributed by atoms with Gasteiger partial charge in [-0.2, -0.15) is 0 Å². The number of aliphatic hydroxyl groups is 2. The van der Waals surface area contributed by atoms with Crippen LogP contribution in [0.15, 0.2) is 18.2 Å². The second kappa shape index (κ2) is 12.0. The van der Waals surface area contributed by atoms with Crippen LogP contribution < -0.4 is 20.1 Å². The van der Waals surface area contributed by atoms with Gasteiger partial charge in [-0.05, 0) is 43.4 Å². The summed E-state index contributed by atoms with van der Waals surface area (Å²) in [5.74, 6) is 0.760. The van der Waals surface area contributed by atoms with Crippen molar-refractivity contribution in [3.63, 3.8) is 0 Å². The molecule has 0 aromatic heterocycles. The number of aliphatic hydroxyl groups excluding tert-OH is 2. The minimum atomic E-state index is -0.756. The molecule has 1 aliphatic heterocycles. The highest BCUT2D eigenvalue weighted by molar-refractivity contribution is 5.80. The van der Waals surface area contributed by atoms with Crippen LogP contribution in [0.3, 0.4) is 0 Å². The molecule has 2 amide bonds. The number of carbonyl (C=O) groups is 3. The fraction of sp³-hybridized carbons (Fsp3) is 0.550. The summed E-state index contributed by atoms with van der Waals surface area (Å²) in [6, 6.07) is 5.02. The summed E-state index contributed by atoms with van der Waals surface area (Å²) in [4.78, 5) is 32.7. The molecule has 1 aliphatic carbocycles. The number of nitrogens with one attached hydrogen (secondary N) is 2. The lowest BCUT2D eigenvalue weighted by molar-refractivity contribution is -0.128. The van der Waals surface area contributed by atoms with Gasteiger partial charge in [0.2, 0.25) is 18.6 Å². The normalized spacial score (nSPS) is 21.7. The zero-order valence-corrected chi connectivity index (χ0v) is 16.6. The summed E-state index contributed by atoms with van der Waals surface area (Å²) in [5, 5.41) is 31.6. The van der Waals surface area contributed by atoms with Gasteiger partial charge in [0.25, 0.3) is 6.47 Å². The van der Waals surface area contributed by atoms with E-state index in [0.29, 0.717) is 43.7 Å². The third kappa shape index (κ3) is 6.89. The molecule has 3 atom stereocenters. The van der Waals surface area contributed by atoms with E-state index in [1.807, 2.05) is 6.07 Å². The van der Waals surface area contributed by atoms with Crippen molar-refractivity contribution < 1.29 is 39.2 Å². The van der Waals surface area contributed by atoms with Crippen LogP contribution in [0.25, 0.3) is 0 Å². The number of carboxylic acid groups (broad SMARTS) is 1. The Balaban J connectivity index is 0.00000101. The maximum absolute atomic E-state index is 12.3. The van der Waals surface area contributed by atoms with Crippen molar-refractivity contribution in [2.45, 2.75) is 44.2 Å². The monoisotopic (exact) mass is 424 g/mol. The Kier molecular flexibility index (Phi) is 9.36. The van der Waals surface area contributed by atoms with E-state index >= 15 is 0 Å². The molecule has 1 heterocycles. The van der Waals surface area contributed by atoms with Crippen molar-refractivity contribution in [3.8, 4) is 11.5 Å². The number of hydrogen-bond acceptors (Lipinski definition) is 7. The molecule has 3 rings (SSSR count). The van der Waals surface area contributed by atoms with E-state index in [-0.39, 0.29) is 50.1 Å². The summed E-state index contributed by atoms with van der Waals surface area (Å²) in [6.07, 6.45) is 1.42. The van der Waals surface area contributed by atoms with E-state index in [9.17, 15) is 14.7 Å². The lowest BCUT2D eigenvalue weighted by Crippen LogP contribution is -2.49. The molecule has 1 fully saturated rings. The number of ether oxygens (including phenoxy) is 2. The Morgan fingerprint density at radius 1 is 1.20 bits per heavy atom. The smallest absolute Gasteiger partial charge is 0.290 e. The average Bonchev–Trinajstić information content (AvgIpc) is 3.18. The van der Waals surface area contributed by atoms with Gasteiger partial charge >= 0.3 is 0 Å². The first-order valence-electron chi connectivity index (χ1n) is 9.80. The molecule has 1 aromatic carbocycles. The fourth-order valence-corrected chi connectivity index (χ4v) is 3.48. The van der Waals surface area contributed by atoms with Crippen molar-refractivity contribution in [1.29, 1.82) is 0 Å². The SMILES string of the molecule is O=C(Cc1ccc2c(c1)OCO2)N[C@H]1CC[C@H](C(=O)NCCCO)C[C@@H]1O.O=CO. The number of benzene rings is 1. The van der Waals surface area contributed by atoms with Gasteiger partial charge in [0, 0.05) is 19.1 Å². The lowest BCUT2D eigenvalue weighted by atomic mass is 9.83. The van der Waals surface area contributed by atoms with Crippen LogP contribution in [0.5, 0.6) is 11.5 Å². The second-order valence-electron chi connectivity index (χ2n) is 7.09. The van der Waals surface area contributed by atoms with Crippen LogP contribution in [0.2, 0.25) is 0 Å². The first-order valence-corrected chi connectivity index (χ1v) is 9.80. The van der Waals surface area contributed by atoms with Gasteiger partial charge in [0.05, 0.1) is 18.6 Å². The predicted molar refractivity (Wildman–Crippen MR) is 105 cm³/mol.